The summed E-state index contributed by atoms with van der Waals surface area (Å²) in [5, 5.41) is 12.0. The van der Waals surface area contributed by atoms with Crippen LogP contribution in [0.15, 0.2) is 53.0 Å². The van der Waals surface area contributed by atoms with E-state index < -0.39 is 5.60 Å². The molecule has 2 atom stereocenters. The molecule has 0 fully saturated rings. The summed E-state index contributed by atoms with van der Waals surface area (Å²) in [6, 6.07) is 17.0. The van der Waals surface area contributed by atoms with Crippen LogP contribution in [0, 0.1) is 0 Å². The van der Waals surface area contributed by atoms with Crippen LogP contribution in [0.5, 0.6) is 0 Å². The van der Waals surface area contributed by atoms with Gasteiger partial charge in [-0.1, -0.05) is 52.3 Å². The minimum absolute atomic E-state index is 0.145. The molecule has 0 amide bonds. The van der Waals surface area contributed by atoms with Gasteiger partial charge in [-0.2, -0.15) is 0 Å². The van der Waals surface area contributed by atoms with Crippen molar-refractivity contribution in [1.82, 2.24) is 4.90 Å². The molecule has 0 saturated heterocycles. The topological polar surface area (TPSA) is 23.5 Å². The Morgan fingerprint density at radius 1 is 1.12 bits per heavy atom. The van der Waals surface area contributed by atoms with E-state index in [9.17, 15) is 5.11 Å². The number of hydrogen-bond donors (Lipinski definition) is 1. The molecule has 0 unspecified atom stereocenters. The third-order valence-corrected chi connectivity index (χ3v) is 5.96. The van der Waals surface area contributed by atoms with Crippen molar-refractivity contribution in [3.8, 4) is 0 Å². The fourth-order valence-corrected chi connectivity index (χ4v) is 4.46. The molecule has 0 aromatic heterocycles. The number of halogens is 1. The zero-order chi connectivity index (χ0) is 17.9. The molecule has 3 rings (SSSR count). The van der Waals surface area contributed by atoms with Gasteiger partial charge in [0, 0.05) is 10.4 Å². The first kappa shape index (κ1) is 18.6. The van der Waals surface area contributed by atoms with Crippen LogP contribution in [-0.2, 0) is 12.0 Å². The number of nitrogens with zero attached hydrogens (tertiary/aromatic N) is 1. The maximum Gasteiger partial charge on any atom is 0.0967 e. The Balaban J connectivity index is 2.00. The molecule has 1 N–H and O–H groups in total. The lowest BCUT2D eigenvalue weighted by Crippen LogP contribution is -2.34. The standard InChI is InChI=1S/C22H28BrNO/c1-24(2)16-6-15-22(25)20-9-4-3-7-17(20)8-5-10-21(22)18-11-13-19(23)14-12-18/h3-4,7,9,11-14,21,25H,5-6,8,10,15-16H2,1-2H3/t21-,22-/m0/s1. The lowest BCUT2D eigenvalue weighted by atomic mass is 9.73. The van der Waals surface area contributed by atoms with E-state index >= 15 is 0 Å². The summed E-state index contributed by atoms with van der Waals surface area (Å²) in [4.78, 5) is 2.20. The van der Waals surface area contributed by atoms with Crippen LogP contribution in [-0.4, -0.2) is 30.6 Å². The van der Waals surface area contributed by atoms with Crippen LogP contribution < -0.4 is 0 Å². The fraction of sp³-hybridized carbons (Fsp3) is 0.455. The van der Waals surface area contributed by atoms with Crippen LogP contribution in [0.3, 0.4) is 0 Å². The van der Waals surface area contributed by atoms with Crippen molar-refractivity contribution < 1.29 is 5.11 Å². The van der Waals surface area contributed by atoms with E-state index in [1.165, 1.54) is 11.1 Å². The molecular formula is C22H28BrNO. The highest BCUT2D eigenvalue weighted by Gasteiger charge is 2.41. The number of benzene rings is 2. The van der Waals surface area contributed by atoms with Gasteiger partial charge in [0.15, 0.2) is 0 Å². The van der Waals surface area contributed by atoms with Crippen LogP contribution in [0.1, 0.15) is 48.3 Å². The molecule has 25 heavy (non-hydrogen) atoms. The third-order valence-electron chi connectivity index (χ3n) is 5.43. The Kier molecular flexibility index (Phi) is 5.98. The summed E-state index contributed by atoms with van der Waals surface area (Å²) < 4.78 is 1.08. The minimum atomic E-state index is -0.795. The number of rotatable bonds is 5. The van der Waals surface area contributed by atoms with Crippen molar-refractivity contribution in [1.29, 1.82) is 0 Å². The molecule has 2 nitrogen and oxygen atoms in total. The summed E-state index contributed by atoms with van der Waals surface area (Å²) in [5.74, 6) is 0.145. The second kappa shape index (κ2) is 8.03. The average molecular weight is 402 g/mol. The van der Waals surface area contributed by atoms with Crippen molar-refractivity contribution in [2.45, 2.75) is 43.6 Å². The Labute approximate surface area is 160 Å². The Bertz CT molecular complexity index is 697. The summed E-state index contributed by atoms with van der Waals surface area (Å²) in [7, 11) is 4.19. The smallest absolute Gasteiger partial charge is 0.0967 e. The normalized spacial score (nSPS) is 23.3. The largest absolute Gasteiger partial charge is 0.385 e. The van der Waals surface area contributed by atoms with Crippen LogP contribution in [0.2, 0.25) is 0 Å². The van der Waals surface area contributed by atoms with E-state index in [4.69, 9.17) is 0 Å². The fourth-order valence-electron chi connectivity index (χ4n) is 4.19. The highest BCUT2D eigenvalue weighted by atomic mass is 79.9. The molecule has 1 aliphatic carbocycles. The molecule has 0 saturated carbocycles. The third kappa shape index (κ3) is 4.16. The summed E-state index contributed by atoms with van der Waals surface area (Å²) in [6.07, 6.45) is 4.98. The second-order valence-corrected chi connectivity index (χ2v) is 8.40. The van der Waals surface area contributed by atoms with Gasteiger partial charge in [0.25, 0.3) is 0 Å². The first-order valence-electron chi connectivity index (χ1n) is 9.21. The van der Waals surface area contributed by atoms with Crippen molar-refractivity contribution in [2.75, 3.05) is 20.6 Å². The lowest BCUT2D eigenvalue weighted by Gasteiger charge is -2.37. The highest BCUT2D eigenvalue weighted by Crippen LogP contribution is 2.47. The van der Waals surface area contributed by atoms with Gasteiger partial charge in [-0.15, -0.1) is 0 Å². The molecule has 0 radical (unpaired) electrons. The number of aliphatic hydroxyl groups is 1. The maximum atomic E-state index is 12.0. The molecule has 0 bridgehead atoms. The van der Waals surface area contributed by atoms with Crippen LogP contribution in [0.25, 0.3) is 0 Å². The molecule has 134 valence electrons. The molecule has 0 spiro atoms. The first-order valence-corrected chi connectivity index (χ1v) is 10.0. The van der Waals surface area contributed by atoms with Crippen LogP contribution >= 0.6 is 15.9 Å². The van der Waals surface area contributed by atoms with Crippen molar-refractivity contribution in [3.05, 3.63) is 69.7 Å². The predicted molar refractivity (Wildman–Crippen MR) is 108 cm³/mol. The van der Waals surface area contributed by atoms with Gasteiger partial charge >= 0.3 is 0 Å². The molecular weight excluding hydrogens is 374 g/mol. The van der Waals surface area contributed by atoms with Gasteiger partial charge in [0.2, 0.25) is 0 Å². The highest BCUT2D eigenvalue weighted by molar-refractivity contribution is 9.10. The van der Waals surface area contributed by atoms with Crippen LogP contribution in [0.4, 0.5) is 0 Å². The summed E-state index contributed by atoms with van der Waals surface area (Å²) >= 11 is 3.53. The second-order valence-electron chi connectivity index (χ2n) is 7.48. The van der Waals surface area contributed by atoms with Crippen molar-refractivity contribution in [3.63, 3.8) is 0 Å². The van der Waals surface area contributed by atoms with Gasteiger partial charge in [0.1, 0.15) is 0 Å². The average Bonchev–Trinajstić information content (AvgIpc) is 2.73. The molecule has 2 aromatic rings. The lowest BCUT2D eigenvalue weighted by molar-refractivity contribution is -0.00605. The quantitative estimate of drug-likeness (QED) is 0.704. The van der Waals surface area contributed by atoms with E-state index in [-0.39, 0.29) is 5.92 Å². The number of aryl methyl sites for hydroxylation is 1. The van der Waals surface area contributed by atoms with E-state index in [1.54, 1.807) is 0 Å². The maximum absolute atomic E-state index is 12.0. The number of fused-ring (bicyclic) bond motifs is 1. The Morgan fingerprint density at radius 3 is 2.56 bits per heavy atom. The van der Waals surface area contributed by atoms with E-state index in [0.29, 0.717) is 0 Å². The van der Waals surface area contributed by atoms with Crippen molar-refractivity contribution in [2.24, 2.45) is 0 Å². The van der Waals surface area contributed by atoms with Gasteiger partial charge in [-0.3, -0.25) is 0 Å². The Morgan fingerprint density at radius 2 is 1.84 bits per heavy atom. The van der Waals surface area contributed by atoms with Crippen molar-refractivity contribution >= 4 is 15.9 Å². The molecule has 2 aromatic carbocycles. The monoisotopic (exact) mass is 401 g/mol. The SMILES string of the molecule is CN(C)CCC[C@]1(O)c2ccccc2CCC[C@H]1c1ccc(Br)cc1. The zero-order valence-corrected chi connectivity index (χ0v) is 16.8. The molecule has 3 heteroatoms. The van der Waals surface area contributed by atoms with Gasteiger partial charge in [-0.05, 0) is 81.6 Å². The van der Waals surface area contributed by atoms with Gasteiger partial charge < -0.3 is 10.0 Å². The zero-order valence-electron chi connectivity index (χ0n) is 15.2. The predicted octanol–water partition coefficient (Wildman–Crippen LogP) is 5.10. The molecule has 1 aliphatic rings. The van der Waals surface area contributed by atoms with E-state index in [2.05, 4.69) is 83.5 Å². The van der Waals surface area contributed by atoms with Gasteiger partial charge in [-0.25, -0.2) is 0 Å². The summed E-state index contributed by atoms with van der Waals surface area (Å²) in [6.45, 7) is 0.998. The minimum Gasteiger partial charge on any atom is -0.385 e. The molecule has 0 aliphatic heterocycles. The Hall–Kier alpha value is -1.16. The van der Waals surface area contributed by atoms with E-state index in [1.807, 2.05) is 0 Å². The van der Waals surface area contributed by atoms with Gasteiger partial charge in [0.05, 0.1) is 5.60 Å². The van der Waals surface area contributed by atoms with E-state index in [0.717, 1.165) is 48.7 Å². The molecule has 0 heterocycles. The first-order chi connectivity index (χ1) is 12.0. The number of hydrogen-bond acceptors (Lipinski definition) is 2. The summed E-state index contributed by atoms with van der Waals surface area (Å²) in [5.41, 5.74) is 2.90.